The van der Waals surface area contributed by atoms with Crippen LogP contribution < -0.4 is 10.2 Å². The fourth-order valence-electron chi connectivity index (χ4n) is 2.79. The first-order valence-corrected chi connectivity index (χ1v) is 8.98. The number of carbonyl (C=O) groups excluding carboxylic acids is 1. The van der Waals surface area contributed by atoms with E-state index in [0.717, 1.165) is 16.3 Å². The maximum absolute atomic E-state index is 12.2. The van der Waals surface area contributed by atoms with Crippen LogP contribution in [0.15, 0.2) is 78.4 Å². The van der Waals surface area contributed by atoms with Crippen molar-refractivity contribution in [2.75, 3.05) is 0 Å². The first-order chi connectivity index (χ1) is 13.6. The molecule has 0 aliphatic heterocycles. The number of para-hydroxylation sites is 1. The van der Waals surface area contributed by atoms with Crippen LogP contribution in [0.2, 0.25) is 0 Å². The summed E-state index contributed by atoms with van der Waals surface area (Å²) < 4.78 is 5.72. The Bertz CT molecular complexity index is 1030. The minimum Gasteiger partial charge on any atom is -0.507 e. The summed E-state index contributed by atoms with van der Waals surface area (Å²) in [6.07, 6.45) is 2.95. The molecule has 1 amide bonds. The van der Waals surface area contributed by atoms with Crippen LogP contribution in [-0.2, 0) is 11.2 Å². The zero-order valence-corrected chi connectivity index (χ0v) is 15.6. The molecule has 0 saturated carbocycles. The first-order valence-electron chi connectivity index (χ1n) is 8.98. The average Bonchev–Trinajstić information content (AvgIpc) is 2.70. The number of nitrogens with one attached hydrogen (secondary N) is 1. The van der Waals surface area contributed by atoms with Crippen molar-refractivity contribution in [2.45, 2.75) is 19.4 Å². The molecule has 0 fully saturated rings. The van der Waals surface area contributed by atoms with E-state index in [1.54, 1.807) is 19.1 Å². The summed E-state index contributed by atoms with van der Waals surface area (Å²) in [4.78, 5) is 12.2. The Labute approximate surface area is 164 Å². The van der Waals surface area contributed by atoms with Gasteiger partial charge in [0.2, 0.25) is 0 Å². The van der Waals surface area contributed by atoms with Crippen molar-refractivity contribution in [3.63, 3.8) is 0 Å². The van der Waals surface area contributed by atoms with Gasteiger partial charge in [0.05, 0.1) is 6.21 Å². The van der Waals surface area contributed by atoms with E-state index in [1.165, 1.54) is 6.21 Å². The van der Waals surface area contributed by atoms with Crippen LogP contribution in [0.5, 0.6) is 11.5 Å². The highest BCUT2D eigenvalue weighted by Crippen LogP contribution is 2.22. The molecule has 0 saturated heterocycles. The van der Waals surface area contributed by atoms with Crippen molar-refractivity contribution >= 4 is 22.9 Å². The normalized spacial score (nSPS) is 12.0. The first kappa shape index (κ1) is 19.2. The highest BCUT2D eigenvalue weighted by molar-refractivity contribution is 5.87. The van der Waals surface area contributed by atoms with Crippen molar-refractivity contribution in [2.24, 2.45) is 5.10 Å². The third-order valence-electron chi connectivity index (χ3n) is 4.30. The molecular formula is C23H22N2O3. The Kier molecular flexibility index (Phi) is 6.07. The SMILES string of the molecule is C=CCc1cccc(/C=N/NC(=O)[C@@H](C)Oc2ccc3ccccc3c2)c1O. The number of hydrazone groups is 1. The van der Waals surface area contributed by atoms with Crippen molar-refractivity contribution < 1.29 is 14.6 Å². The maximum Gasteiger partial charge on any atom is 0.280 e. The van der Waals surface area contributed by atoms with Gasteiger partial charge in [-0.2, -0.15) is 5.10 Å². The number of allylic oxidation sites excluding steroid dienone is 1. The second-order valence-corrected chi connectivity index (χ2v) is 6.35. The molecular weight excluding hydrogens is 352 g/mol. The highest BCUT2D eigenvalue weighted by Gasteiger charge is 2.14. The van der Waals surface area contributed by atoms with Gasteiger partial charge in [-0.15, -0.1) is 6.58 Å². The molecule has 0 spiro atoms. The molecule has 0 radical (unpaired) electrons. The van der Waals surface area contributed by atoms with Crippen molar-refractivity contribution in [3.8, 4) is 11.5 Å². The van der Waals surface area contributed by atoms with E-state index in [4.69, 9.17) is 4.74 Å². The number of rotatable bonds is 7. The van der Waals surface area contributed by atoms with Gasteiger partial charge in [-0.1, -0.05) is 48.5 Å². The van der Waals surface area contributed by atoms with Gasteiger partial charge in [-0.3, -0.25) is 4.79 Å². The Morgan fingerprint density at radius 2 is 1.96 bits per heavy atom. The number of benzene rings is 3. The number of phenols is 1. The summed E-state index contributed by atoms with van der Waals surface area (Å²) in [6.45, 7) is 5.32. The average molecular weight is 374 g/mol. The molecule has 5 nitrogen and oxygen atoms in total. The van der Waals surface area contributed by atoms with Gasteiger partial charge in [0.25, 0.3) is 5.91 Å². The molecule has 3 aromatic rings. The summed E-state index contributed by atoms with van der Waals surface area (Å²) >= 11 is 0. The molecule has 0 aromatic heterocycles. The fourth-order valence-corrected chi connectivity index (χ4v) is 2.79. The number of hydrogen-bond donors (Lipinski definition) is 2. The molecule has 1 atom stereocenters. The molecule has 0 bridgehead atoms. The van der Waals surface area contributed by atoms with Gasteiger partial charge in [-0.05, 0) is 47.9 Å². The van der Waals surface area contributed by atoms with E-state index in [0.29, 0.717) is 17.7 Å². The number of carbonyl (C=O) groups is 1. The van der Waals surface area contributed by atoms with Crippen LogP contribution in [-0.4, -0.2) is 23.3 Å². The van der Waals surface area contributed by atoms with Gasteiger partial charge in [0.15, 0.2) is 6.10 Å². The largest absolute Gasteiger partial charge is 0.507 e. The van der Waals surface area contributed by atoms with Crippen LogP contribution in [0.1, 0.15) is 18.1 Å². The van der Waals surface area contributed by atoms with E-state index < -0.39 is 6.10 Å². The van der Waals surface area contributed by atoms with E-state index in [-0.39, 0.29) is 11.7 Å². The zero-order valence-electron chi connectivity index (χ0n) is 15.6. The third-order valence-corrected chi connectivity index (χ3v) is 4.30. The quantitative estimate of drug-likeness (QED) is 0.370. The highest BCUT2D eigenvalue weighted by atomic mass is 16.5. The molecule has 142 valence electrons. The number of nitrogens with zero attached hydrogens (tertiary/aromatic N) is 1. The lowest BCUT2D eigenvalue weighted by Gasteiger charge is -2.13. The predicted octanol–water partition coefficient (Wildman–Crippen LogP) is 4.19. The molecule has 5 heteroatoms. The number of phenolic OH excluding ortho intramolecular Hbond substituents is 1. The Balaban J connectivity index is 1.61. The van der Waals surface area contributed by atoms with Crippen LogP contribution in [0.3, 0.4) is 0 Å². The lowest BCUT2D eigenvalue weighted by molar-refractivity contribution is -0.127. The third kappa shape index (κ3) is 4.57. The molecule has 3 aromatic carbocycles. The lowest BCUT2D eigenvalue weighted by atomic mass is 10.1. The van der Waals surface area contributed by atoms with Gasteiger partial charge < -0.3 is 9.84 Å². The van der Waals surface area contributed by atoms with Crippen LogP contribution in [0.25, 0.3) is 10.8 Å². The number of aromatic hydroxyl groups is 1. The molecule has 2 N–H and O–H groups in total. The van der Waals surface area contributed by atoms with Crippen LogP contribution in [0.4, 0.5) is 0 Å². The monoisotopic (exact) mass is 374 g/mol. The summed E-state index contributed by atoms with van der Waals surface area (Å²) in [7, 11) is 0. The summed E-state index contributed by atoms with van der Waals surface area (Å²) in [6, 6.07) is 19.0. The van der Waals surface area contributed by atoms with E-state index in [2.05, 4.69) is 17.1 Å². The van der Waals surface area contributed by atoms with Gasteiger partial charge in [0.1, 0.15) is 11.5 Å². The van der Waals surface area contributed by atoms with Gasteiger partial charge >= 0.3 is 0 Å². The standard InChI is InChI=1S/C23H22N2O3/c1-3-7-18-10-6-11-20(22(18)26)15-24-25-23(27)16(2)28-21-13-12-17-8-4-5-9-19(17)14-21/h3-6,8-16,26H,1,7H2,2H3,(H,25,27)/b24-15+/t16-/m1/s1. The van der Waals surface area contributed by atoms with Crippen LogP contribution in [0, 0.1) is 0 Å². The van der Waals surface area contributed by atoms with E-state index in [1.807, 2.05) is 54.6 Å². The molecule has 0 aliphatic carbocycles. The van der Waals surface area contributed by atoms with E-state index in [9.17, 15) is 9.90 Å². The van der Waals surface area contributed by atoms with Crippen molar-refractivity contribution in [1.29, 1.82) is 0 Å². The molecule has 3 rings (SSSR count). The summed E-state index contributed by atoms with van der Waals surface area (Å²) in [5.41, 5.74) is 3.71. The second-order valence-electron chi connectivity index (χ2n) is 6.35. The minimum atomic E-state index is -0.723. The number of amides is 1. The maximum atomic E-state index is 12.2. The summed E-state index contributed by atoms with van der Waals surface area (Å²) in [5, 5.41) is 16.3. The predicted molar refractivity (Wildman–Crippen MR) is 112 cm³/mol. The smallest absolute Gasteiger partial charge is 0.280 e. The molecule has 0 aliphatic rings. The van der Waals surface area contributed by atoms with Gasteiger partial charge in [0, 0.05) is 5.56 Å². The second kappa shape index (κ2) is 8.86. The lowest BCUT2D eigenvalue weighted by Crippen LogP contribution is -2.33. The fraction of sp³-hybridized carbons (Fsp3) is 0.130. The Hall–Kier alpha value is -3.60. The summed E-state index contributed by atoms with van der Waals surface area (Å²) in [5.74, 6) is 0.354. The Morgan fingerprint density at radius 1 is 1.18 bits per heavy atom. The topological polar surface area (TPSA) is 70.9 Å². The van der Waals surface area contributed by atoms with Crippen molar-refractivity contribution in [3.05, 3.63) is 84.4 Å². The molecule has 28 heavy (non-hydrogen) atoms. The zero-order chi connectivity index (χ0) is 19.9. The Morgan fingerprint density at radius 3 is 2.75 bits per heavy atom. The molecule has 0 unspecified atom stereocenters. The van der Waals surface area contributed by atoms with Crippen molar-refractivity contribution in [1.82, 2.24) is 5.43 Å². The molecule has 0 heterocycles. The number of hydrogen-bond acceptors (Lipinski definition) is 4. The number of ether oxygens (including phenoxy) is 1. The number of fused-ring (bicyclic) bond motifs is 1. The van der Waals surface area contributed by atoms with Crippen LogP contribution >= 0.6 is 0 Å². The van der Waals surface area contributed by atoms with Gasteiger partial charge in [-0.25, -0.2) is 5.43 Å². The minimum absolute atomic E-state index is 0.126. The van der Waals surface area contributed by atoms with E-state index >= 15 is 0 Å².